The molecule has 4 rings (SSSR count). The Balaban J connectivity index is 1.36. The molecule has 6 nitrogen and oxygen atoms in total. The molecule has 0 bridgehead atoms. The van der Waals surface area contributed by atoms with E-state index < -0.39 is 0 Å². The van der Waals surface area contributed by atoms with Crippen LogP contribution >= 0.6 is 11.8 Å². The average Bonchev–Trinajstić information content (AvgIpc) is 3.22. The highest BCUT2D eigenvalue weighted by molar-refractivity contribution is 8.00. The van der Waals surface area contributed by atoms with E-state index in [0.717, 1.165) is 21.8 Å². The Morgan fingerprint density at radius 3 is 2.72 bits per heavy atom. The summed E-state index contributed by atoms with van der Waals surface area (Å²) >= 11 is 1.55. The number of hydrogen-bond donors (Lipinski definition) is 0. The molecule has 0 atom stereocenters. The molecule has 0 saturated carbocycles. The zero-order chi connectivity index (χ0) is 20.2. The number of rotatable bonds is 6. The Morgan fingerprint density at radius 1 is 1.14 bits per heavy atom. The van der Waals surface area contributed by atoms with E-state index in [2.05, 4.69) is 5.10 Å². The van der Waals surface area contributed by atoms with Gasteiger partial charge < -0.3 is 9.80 Å². The average molecular weight is 407 g/mol. The van der Waals surface area contributed by atoms with Gasteiger partial charge in [-0.25, -0.2) is 4.68 Å². The number of carbonyl (C=O) groups excluding carboxylic acids is 2. The molecule has 0 saturated heterocycles. The molecular weight excluding hydrogens is 384 g/mol. The molecule has 7 heteroatoms. The van der Waals surface area contributed by atoms with Crippen molar-refractivity contribution < 1.29 is 9.59 Å². The summed E-state index contributed by atoms with van der Waals surface area (Å²) in [4.78, 5) is 29.5. The largest absolute Gasteiger partial charge is 0.341 e. The number of amides is 2. The van der Waals surface area contributed by atoms with Crippen molar-refractivity contribution in [3.8, 4) is 5.69 Å². The molecule has 29 heavy (non-hydrogen) atoms. The number of anilines is 1. The van der Waals surface area contributed by atoms with Crippen LogP contribution in [0.2, 0.25) is 0 Å². The van der Waals surface area contributed by atoms with Crippen molar-refractivity contribution in [3.05, 3.63) is 72.6 Å². The Hall–Kier alpha value is -3.06. The smallest absolute Gasteiger partial charge is 0.237 e. The van der Waals surface area contributed by atoms with Crippen LogP contribution in [0.5, 0.6) is 0 Å². The minimum atomic E-state index is 0.000897. The molecule has 0 radical (unpaired) electrons. The van der Waals surface area contributed by atoms with Crippen molar-refractivity contribution in [3.63, 3.8) is 0 Å². The lowest BCUT2D eigenvalue weighted by Gasteiger charge is -2.29. The van der Waals surface area contributed by atoms with E-state index in [4.69, 9.17) is 0 Å². The van der Waals surface area contributed by atoms with E-state index in [0.29, 0.717) is 18.8 Å². The number of nitrogens with zero attached hydrogens (tertiary/aromatic N) is 4. The third-order valence-corrected chi connectivity index (χ3v) is 5.91. The van der Waals surface area contributed by atoms with Crippen molar-refractivity contribution >= 4 is 29.3 Å². The molecule has 2 aromatic carbocycles. The quantitative estimate of drug-likeness (QED) is 0.630. The van der Waals surface area contributed by atoms with E-state index in [-0.39, 0.29) is 18.2 Å². The van der Waals surface area contributed by atoms with Crippen molar-refractivity contribution in [2.24, 2.45) is 0 Å². The molecule has 2 heterocycles. The van der Waals surface area contributed by atoms with Gasteiger partial charge in [0.2, 0.25) is 11.8 Å². The normalized spacial score (nSPS) is 13.3. The maximum Gasteiger partial charge on any atom is 0.237 e. The molecule has 0 aliphatic carbocycles. The first-order chi connectivity index (χ1) is 14.1. The van der Waals surface area contributed by atoms with E-state index in [1.54, 1.807) is 39.5 Å². The molecule has 3 aromatic rings. The molecule has 1 aliphatic rings. The van der Waals surface area contributed by atoms with Gasteiger partial charge in [0.1, 0.15) is 0 Å². The van der Waals surface area contributed by atoms with Gasteiger partial charge in [-0.05, 0) is 24.3 Å². The van der Waals surface area contributed by atoms with Gasteiger partial charge in [-0.2, -0.15) is 5.10 Å². The van der Waals surface area contributed by atoms with Crippen LogP contribution < -0.4 is 4.90 Å². The van der Waals surface area contributed by atoms with Gasteiger partial charge in [-0.3, -0.25) is 9.59 Å². The highest BCUT2D eigenvalue weighted by Crippen LogP contribution is 2.34. The topological polar surface area (TPSA) is 58.4 Å². The van der Waals surface area contributed by atoms with Crippen LogP contribution in [0.1, 0.15) is 12.0 Å². The van der Waals surface area contributed by atoms with Crippen molar-refractivity contribution in [2.75, 3.05) is 24.2 Å². The third-order valence-electron chi connectivity index (χ3n) is 4.86. The summed E-state index contributed by atoms with van der Waals surface area (Å²) in [6.45, 7) is 0.870. The maximum atomic E-state index is 12.6. The predicted octanol–water partition coefficient (Wildman–Crippen LogP) is 3.36. The van der Waals surface area contributed by atoms with E-state index in [1.807, 2.05) is 60.8 Å². The number of carbonyl (C=O) groups is 2. The van der Waals surface area contributed by atoms with Gasteiger partial charge in [-0.1, -0.05) is 30.3 Å². The van der Waals surface area contributed by atoms with Crippen LogP contribution in [-0.2, 0) is 16.1 Å². The predicted molar refractivity (Wildman–Crippen MR) is 114 cm³/mol. The number of para-hydroxylation sites is 2. The van der Waals surface area contributed by atoms with Crippen LogP contribution in [-0.4, -0.2) is 45.8 Å². The third kappa shape index (κ3) is 4.35. The van der Waals surface area contributed by atoms with Crippen molar-refractivity contribution in [1.82, 2.24) is 14.7 Å². The number of thioether (sulfide) groups is 1. The summed E-state index contributed by atoms with van der Waals surface area (Å²) in [5.41, 5.74) is 2.83. The fraction of sp³-hybridized carbons (Fsp3) is 0.227. The monoisotopic (exact) mass is 406 g/mol. The maximum absolute atomic E-state index is 12.6. The van der Waals surface area contributed by atoms with Gasteiger partial charge >= 0.3 is 0 Å². The van der Waals surface area contributed by atoms with E-state index >= 15 is 0 Å². The van der Waals surface area contributed by atoms with Crippen LogP contribution in [0.15, 0.2) is 71.9 Å². The molecule has 0 unspecified atom stereocenters. The Labute approximate surface area is 174 Å². The molecule has 0 N–H and O–H groups in total. The first kappa shape index (κ1) is 19.3. The lowest BCUT2D eigenvalue weighted by molar-refractivity contribution is -0.130. The summed E-state index contributed by atoms with van der Waals surface area (Å²) in [5.74, 6) is 0.467. The molecule has 148 valence electrons. The minimum Gasteiger partial charge on any atom is -0.341 e. The minimum absolute atomic E-state index is 0.000897. The first-order valence-corrected chi connectivity index (χ1v) is 10.5. The number of benzene rings is 2. The van der Waals surface area contributed by atoms with Gasteiger partial charge in [0.05, 0.1) is 23.3 Å². The number of hydrogen-bond acceptors (Lipinski definition) is 4. The molecular formula is C22H22N4O2S. The SMILES string of the molecule is CN(Cc1cnn(-c2ccccc2)c1)C(=O)CCN1C(=O)CSc2ccccc21. The molecule has 1 aromatic heterocycles. The summed E-state index contributed by atoms with van der Waals surface area (Å²) in [5, 5.41) is 4.38. The highest BCUT2D eigenvalue weighted by Gasteiger charge is 2.25. The summed E-state index contributed by atoms with van der Waals surface area (Å²) in [6.07, 6.45) is 3.99. The second-order valence-electron chi connectivity index (χ2n) is 6.93. The fourth-order valence-corrected chi connectivity index (χ4v) is 4.26. The zero-order valence-electron chi connectivity index (χ0n) is 16.2. The van der Waals surface area contributed by atoms with Crippen LogP contribution in [0, 0.1) is 0 Å². The zero-order valence-corrected chi connectivity index (χ0v) is 17.0. The van der Waals surface area contributed by atoms with Crippen LogP contribution in [0.3, 0.4) is 0 Å². The molecule has 0 fully saturated rings. The van der Waals surface area contributed by atoms with E-state index in [1.165, 1.54) is 0 Å². The van der Waals surface area contributed by atoms with Crippen LogP contribution in [0.4, 0.5) is 5.69 Å². The number of aromatic nitrogens is 2. The molecule has 1 aliphatic heterocycles. The summed E-state index contributed by atoms with van der Waals surface area (Å²) < 4.78 is 1.80. The fourth-order valence-electron chi connectivity index (χ4n) is 3.32. The Morgan fingerprint density at radius 2 is 1.90 bits per heavy atom. The standard InChI is InChI=1S/C22H22N4O2S/c1-24(14-17-13-23-26(15-17)18-7-3-2-4-8-18)21(27)11-12-25-19-9-5-6-10-20(19)29-16-22(25)28/h2-10,13,15H,11-12,14,16H2,1H3. The lowest BCUT2D eigenvalue weighted by Crippen LogP contribution is -2.38. The highest BCUT2D eigenvalue weighted by atomic mass is 32.2. The number of fused-ring (bicyclic) bond motifs is 1. The van der Waals surface area contributed by atoms with Crippen molar-refractivity contribution in [1.29, 1.82) is 0 Å². The van der Waals surface area contributed by atoms with E-state index in [9.17, 15) is 9.59 Å². The second kappa shape index (κ2) is 8.53. The van der Waals surface area contributed by atoms with Gasteiger partial charge in [-0.15, -0.1) is 11.8 Å². The lowest BCUT2D eigenvalue weighted by atomic mass is 10.2. The first-order valence-electron chi connectivity index (χ1n) is 9.47. The van der Waals surface area contributed by atoms with Gasteiger partial charge in [0.15, 0.2) is 0 Å². The van der Waals surface area contributed by atoms with Gasteiger partial charge in [0.25, 0.3) is 0 Å². The van der Waals surface area contributed by atoms with Gasteiger partial charge in [0, 0.05) is 43.2 Å². The second-order valence-corrected chi connectivity index (χ2v) is 7.95. The van der Waals surface area contributed by atoms with Crippen molar-refractivity contribution in [2.45, 2.75) is 17.9 Å². The molecule has 2 amide bonds. The molecule has 0 spiro atoms. The van der Waals surface area contributed by atoms with Crippen LogP contribution in [0.25, 0.3) is 5.69 Å². The summed E-state index contributed by atoms with van der Waals surface area (Å²) in [6, 6.07) is 17.7. The summed E-state index contributed by atoms with van der Waals surface area (Å²) in [7, 11) is 1.78. The Kier molecular flexibility index (Phi) is 5.67. The Bertz CT molecular complexity index is 1020.